The van der Waals surface area contributed by atoms with Crippen molar-refractivity contribution >= 4 is 10.8 Å². The predicted octanol–water partition coefficient (Wildman–Crippen LogP) is 12.3. The highest BCUT2D eigenvalue weighted by Gasteiger charge is 2.52. The van der Waals surface area contributed by atoms with E-state index in [0.29, 0.717) is 0 Å². The second kappa shape index (κ2) is 9.44. The molecule has 0 unspecified atom stereocenters. The van der Waals surface area contributed by atoms with Gasteiger partial charge in [0, 0.05) is 10.9 Å². The zero-order chi connectivity index (χ0) is 31.4. The van der Waals surface area contributed by atoms with Crippen molar-refractivity contribution in [2.45, 2.75) is 5.41 Å². The Hall–Kier alpha value is -6.18. The zero-order valence-corrected chi connectivity index (χ0v) is 26.1. The van der Waals surface area contributed by atoms with Crippen molar-refractivity contribution in [2.24, 2.45) is 0 Å². The predicted molar refractivity (Wildman–Crippen MR) is 197 cm³/mol. The molecule has 1 nitrogen and oxygen atoms in total. The van der Waals surface area contributed by atoms with E-state index in [9.17, 15) is 0 Å². The quantitative estimate of drug-likeness (QED) is 0.190. The Morgan fingerprint density at radius 3 is 1.52 bits per heavy atom. The molecule has 222 valence electrons. The molecule has 11 rings (SSSR count). The van der Waals surface area contributed by atoms with Gasteiger partial charge in [0.05, 0.1) is 5.41 Å². The lowest BCUT2D eigenvalue weighted by Gasteiger charge is -2.30. The second-order valence-electron chi connectivity index (χ2n) is 13.1. The van der Waals surface area contributed by atoms with Crippen LogP contribution in [-0.2, 0) is 5.41 Å². The molecule has 1 spiro atoms. The average molecular weight is 609 g/mol. The van der Waals surface area contributed by atoms with Crippen molar-refractivity contribution in [1.82, 2.24) is 0 Å². The van der Waals surface area contributed by atoms with Crippen molar-refractivity contribution in [3.8, 4) is 67.1 Å². The van der Waals surface area contributed by atoms with Crippen LogP contribution >= 0.6 is 0 Å². The summed E-state index contributed by atoms with van der Waals surface area (Å²) in [5.74, 6) is 1.82. The van der Waals surface area contributed by atoms with Gasteiger partial charge in [-0.05, 0) is 89.8 Å². The van der Waals surface area contributed by atoms with Crippen LogP contribution in [0.2, 0.25) is 0 Å². The highest BCUT2D eigenvalue weighted by atomic mass is 16.5. The Morgan fingerprint density at radius 1 is 0.292 bits per heavy atom. The van der Waals surface area contributed by atoms with E-state index in [-0.39, 0.29) is 5.41 Å². The maximum Gasteiger partial charge on any atom is 0.135 e. The molecule has 0 N–H and O–H groups in total. The zero-order valence-electron chi connectivity index (χ0n) is 26.1. The van der Waals surface area contributed by atoms with E-state index >= 15 is 0 Å². The van der Waals surface area contributed by atoms with E-state index in [1.807, 2.05) is 6.07 Å². The third-order valence-corrected chi connectivity index (χ3v) is 10.9. The molecule has 1 heteroatoms. The van der Waals surface area contributed by atoms with Gasteiger partial charge in [-0.3, -0.25) is 0 Å². The molecule has 0 radical (unpaired) electrons. The van der Waals surface area contributed by atoms with Crippen LogP contribution in [-0.4, -0.2) is 0 Å². The first kappa shape index (κ1) is 25.9. The standard InChI is InChI=1S/C47H28O/c1-2-14-30(29(13-1)31-27-28-44-46-36(31)19-11-20-37(46)34-17-6-10-26-43(34)48-44)35-21-12-25-42-45(35)38-18-5-9-24-41(38)47(42)39-22-7-3-15-32(39)33-16-4-8-23-40(33)47/h1-28H. The Labute approximate surface area is 279 Å². The topological polar surface area (TPSA) is 9.23 Å². The van der Waals surface area contributed by atoms with E-state index in [2.05, 4.69) is 164 Å². The number of ether oxygens (including phenoxy) is 1. The molecule has 48 heavy (non-hydrogen) atoms. The van der Waals surface area contributed by atoms with Gasteiger partial charge >= 0.3 is 0 Å². The maximum absolute atomic E-state index is 6.47. The molecule has 0 saturated heterocycles. The number of fused-ring (bicyclic) bond motifs is 12. The Balaban J connectivity index is 1.20. The van der Waals surface area contributed by atoms with Gasteiger partial charge in [0.1, 0.15) is 11.5 Å². The van der Waals surface area contributed by atoms with Crippen molar-refractivity contribution in [2.75, 3.05) is 0 Å². The van der Waals surface area contributed by atoms with Gasteiger partial charge in [-0.25, -0.2) is 0 Å². The fourth-order valence-corrected chi connectivity index (χ4v) is 9.14. The van der Waals surface area contributed by atoms with Gasteiger partial charge in [-0.2, -0.15) is 0 Å². The molecular formula is C47H28O. The summed E-state index contributed by atoms with van der Waals surface area (Å²) in [6, 6.07) is 62.4. The van der Waals surface area contributed by atoms with E-state index in [1.165, 1.54) is 83.1 Å². The normalized spacial score (nSPS) is 13.8. The summed E-state index contributed by atoms with van der Waals surface area (Å²) in [5, 5.41) is 2.38. The molecular weight excluding hydrogens is 581 g/mol. The van der Waals surface area contributed by atoms with E-state index in [1.54, 1.807) is 0 Å². The summed E-state index contributed by atoms with van der Waals surface area (Å²) in [7, 11) is 0. The first-order chi connectivity index (χ1) is 23.8. The van der Waals surface area contributed by atoms with Crippen LogP contribution in [0.3, 0.4) is 0 Å². The number of hydrogen-bond donors (Lipinski definition) is 0. The summed E-state index contributed by atoms with van der Waals surface area (Å²) >= 11 is 0. The van der Waals surface area contributed by atoms with Gasteiger partial charge in [0.2, 0.25) is 0 Å². The van der Waals surface area contributed by atoms with Crippen LogP contribution in [0, 0.1) is 0 Å². The molecule has 1 heterocycles. The summed E-state index contributed by atoms with van der Waals surface area (Å²) in [6.45, 7) is 0. The third kappa shape index (κ3) is 3.16. The van der Waals surface area contributed by atoms with Crippen molar-refractivity contribution < 1.29 is 4.74 Å². The first-order valence-electron chi connectivity index (χ1n) is 16.7. The Morgan fingerprint density at radius 2 is 0.792 bits per heavy atom. The van der Waals surface area contributed by atoms with Crippen LogP contribution < -0.4 is 4.74 Å². The molecule has 8 aromatic carbocycles. The fourth-order valence-electron chi connectivity index (χ4n) is 9.14. The smallest absolute Gasteiger partial charge is 0.135 e. The number of hydrogen-bond acceptors (Lipinski definition) is 1. The molecule has 3 aliphatic rings. The summed E-state index contributed by atoms with van der Waals surface area (Å²) in [6.07, 6.45) is 0. The minimum Gasteiger partial charge on any atom is -0.456 e. The SMILES string of the molecule is c1ccc2c(c1)Oc1ccc(-c3ccccc3-c3cccc4c3-c3ccccc3C43c4ccccc4-c4ccccc43)c3cccc-2c13. The highest BCUT2D eigenvalue weighted by Crippen LogP contribution is 2.64. The molecule has 0 bridgehead atoms. The number of benzene rings is 8. The lowest BCUT2D eigenvalue weighted by Crippen LogP contribution is -2.25. The first-order valence-corrected chi connectivity index (χ1v) is 16.7. The lowest BCUT2D eigenvalue weighted by molar-refractivity contribution is 0.487. The molecule has 0 atom stereocenters. The Bertz CT molecular complexity index is 2610. The van der Waals surface area contributed by atoms with Gasteiger partial charge in [0.15, 0.2) is 0 Å². The molecule has 2 aliphatic carbocycles. The Kier molecular flexibility index (Phi) is 5.10. The van der Waals surface area contributed by atoms with Gasteiger partial charge in [-0.15, -0.1) is 0 Å². The largest absolute Gasteiger partial charge is 0.456 e. The van der Waals surface area contributed by atoms with Crippen molar-refractivity contribution in [1.29, 1.82) is 0 Å². The van der Waals surface area contributed by atoms with Crippen molar-refractivity contribution in [3.63, 3.8) is 0 Å². The molecule has 0 amide bonds. The summed E-state index contributed by atoms with van der Waals surface area (Å²) < 4.78 is 6.47. The minimum absolute atomic E-state index is 0.366. The number of rotatable bonds is 2. The maximum atomic E-state index is 6.47. The third-order valence-electron chi connectivity index (χ3n) is 10.9. The van der Waals surface area contributed by atoms with Gasteiger partial charge in [0.25, 0.3) is 0 Å². The van der Waals surface area contributed by atoms with Gasteiger partial charge in [-0.1, -0.05) is 158 Å². The van der Waals surface area contributed by atoms with Crippen molar-refractivity contribution in [3.05, 3.63) is 192 Å². The fraction of sp³-hybridized carbons (Fsp3) is 0.0213. The van der Waals surface area contributed by atoms with E-state index in [0.717, 1.165) is 17.1 Å². The van der Waals surface area contributed by atoms with Crippen LogP contribution in [0.5, 0.6) is 11.5 Å². The van der Waals surface area contributed by atoms with Crippen LogP contribution in [0.1, 0.15) is 22.3 Å². The summed E-state index contributed by atoms with van der Waals surface area (Å²) in [5.41, 5.74) is 17.7. The van der Waals surface area contributed by atoms with E-state index < -0.39 is 0 Å². The summed E-state index contributed by atoms with van der Waals surface area (Å²) in [4.78, 5) is 0. The average Bonchev–Trinajstić information content (AvgIpc) is 3.63. The molecule has 8 aromatic rings. The monoisotopic (exact) mass is 608 g/mol. The molecule has 1 aliphatic heterocycles. The van der Waals surface area contributed by atoms with Crippen LogP contribution in [0.15, 0.2) is 170 Å². The molecule has 0 aromatic heterocycles. The molecule has 0 fully saturated rings. The van der Waals surface area contributed by atoms with E-state index in [4.69, 9.17) is 4.74 Å². The number of para-hydroxylation sites is 1. The highest BCUT2D eigenvalue weighted by molar-refractivity contribution is 6.12. The van der Waals surface area contributed by atoms with Crippen LogP contribution in [0.25, 0.3) is 66.4 Å². The van der Waals surface area contributed by atoms with Crippen LogP contribution in [0.4, 0.5) is 0 Å². The molecule has 0 saturated carbocycles. The minimum atomic E-state index is -0.366. The lowest BCUT2D eigenvalue weighted by atomic mass is 9.70. The van der Waals surface area contributed by atoms with Gasteiger partial charge < -0.3 is 4.74 Å². The second-order valence-corrected chi connectivity index (χ2v) is 13.1.